The van der Waals surface area contributed by atoms with E-state index in [0.717, 1.165) is 50.5 Å². The molecule has 0 aliphatic carbocycles. The molecular formula is C21H28N8O2S. The fourth-order valence-electron chi connectivity index (χ4n) is 3.96. The molecule has 1 atom stereocenters. The van der Waals surface area contributed by atoms with Gasteiger partial charge in [-0.1, -0.05) is 31.0 Å². The van der Waals surface area contributed by atoms with Gasteiger partial charge in [-0.15, -0.1) is 5.10 Å². The monoisotopic (exact) mass is 456 g/mol. The van der Waals surface area contributed by atoms with Crippen molar-refractivity contribution >= 4 is 15.8 Å². The van der Waals surface area contributed by atoms with E-state index in [9.17, 15) is 8.42 Å². The summed E-state index contributed by atoms with van der Waals surface area (Å²) in [6.07, 6.45) is 5.27. The topological polar surface area (TPSA) is 110 Å². The number of aryl methyl sites for hydroxylation is 1. The lowest BCUT2D eigenvalue weighted by molar-refractivity contribution is 0.164. The average Bonchev–Trinajstić information content (AvgIpc) is 3.25. The number of nitrogens with zero attached hydrogens (tertiary/aromatic N) is 8. The average molecular weight is 457 g/mol. The molecule has 4 rings (SSSR count). The normalized spacial score (nSPS) is 16.2. The molecule has 10 nitrogen and oxygen atoms in total. The summed E-state index contributed by atoms with van der Waals surface area (Å²) in [5, 5.41) is 12.1. The van der Waals surface area contributed by atoms with Gasteiger partial charge in [-0.05, 0) is 42.0 Å². The highest BCUT2D eigenvalue weighted by Crippen LogP contribution is 2.26. The number of rotatable bonds is 8. The lowest BCUT2D eigenvalue weighted by Crippen LogP contribution is -2.48. The molecule has 0 bridgehead atoms. The Bertz CT molecular complexity index is 1110. The summed E-state index contributed by atoms with van der Waals surface area (Å²) >= 11 is 0. The maximum absolute atomic E-state index is 13.0. The zero-order valence-corrected chi connectivity index (χ0v) is 19.2. The Balaban J connectivity index is 1.50. The molecule has 3 heterocycles. The maximum atomic E-state index is 13.0. The number of hydrogen-bond donors (Lipinski definition) is 0. The summed E-state index contributed by atoms with van der Waals surface area (Å²) in [5.41, 5.74) is 1.01. The first kappa shape index (κ1) is 22.3. The Hall–Kier alpha value is -2.92. The molecule has 1 aliphatic rings. The zero-order valence-electron chi connectivity index (χ0n) is 18.4. The predicted molar refractivity (Wildman–Crippen MR) is 120 cm³/mol. The molecule has 1 fully saturated rings. The SMILES string of the molecule is CCCC(c1nnnn1CS(=O)(=O)c1ccc(C)cc1)N1CCN(c2ncccn2)CC1. The highest BCUT2D eigenvalue weighted by atomic mass is 32.2. The maximum Gasteiger partial charge on any atom is 0.225 e. The molecule has 1 aliphatic heterocycles. The Morgan fingerprint density at radius 3 is 2.38 bits per heavy atom. The summed E-state index contributed by atoms with van der Waals surface area (Å²) in [4.78, 5) is 13.4. The van der Waals surface area contributed by atoms with Crippen molar-refractivity contribution in [3.05, 3.63) is 54.1 Å². The van der Waals surface area contributed by atoms with Crippen molar-refractivity contribution in [2.24, 2.45) is 0 Å². The largest absolute Gasteiger partial charge is 0.338 e. The highest BCUT2D eigenvalue weighted by molar-refractivity contribution is 7.90. The molecule has 11 heteroatoms. The van der Waals surface area contributed by atoms with Crippen molar-refractivity contribution in [1.29, 1.82) is 0 Å². The minimum atomic E-state index is -3.57. The van der Waals surface area contributed by atoms with E-state index in [1.54, 1.807) is 36.7 Å². The second-order valence-electron chi connectivity index (χ2n) is 7.97. The van der Waals surface area contributed by atoms with Gasteiger partial charge >= 0.3 is 0 Å². The first-order chi connectivity index (χ1) is 15.5. The fraction of sp³-hybridized carbons (Fsp3) is 0.476. The summed E-state index contributed by atoms with van der Waals surface area (Å²) < 4.78 is 27.4. The van der Waals surface area contributed by atoms with Crippen LogP contribution in [-0.4, -0.2) is 69.7 Å². The molecule has 0 spiro atoms. The van der Waals surface area contributed by atoms with Crippen molar-refractivity contribution < 1.29 is 8.42 Å². The van der Waals surface area contributed by atoms with Crippen LogP contribution in [0.5, 0.6) is 0 Å². The number of piperazine rings is 1. The van der Waals surface area contributed by atoms with Crippen molar-refractivity contribution in [3.8, 4) is 0 Å². The quantitative estimate of drug-likeness (QED) is 0.501. The Labute approximate surface area is 188 Å². The van der Waals surface area contributed by atoms with E-state index >= 15 is 0 Å². The van der Waals surface area contributed by atoms with Gasteiger partial charge in [0.2, 0.25) is 5.95 Å². The predicted octanol–water partition coefficient (Wildman–Crippen LogP) is 1.87. The van der Waals surface area contributed by atoms with Gasteiger partial charge in [0.25, 0.3) is 0 Å². The van der Waals surface area contributed by atoms with E-state index in [4.69, 9.17) is 0 Å². The molecule has 3 aromatic rings. The standard InChI is InChI=1S/C21H28N8O2S/c1-3-5-19(27-12-14-28(15-13-27)21-22-10-4-11-23-21)20-24-25-26-29(20)16-32(30,31)18-8-6-17(2)7-9-18/h4,6-11,19H,3,5,12-16H2,1-2H3. The molecular weight excluding hydrogens is 428 g/mol. The third-order valence-electron chi connectivity index (χ3n) is 5.68. The zero-order chi connectivity index (χ0) is 22.6. The van der Waals surface area contributed by atoms with E-state index in [2.05, 4.69) is 42.2 Å². The minimum Gasteiger partial charge on any atom is -0.338 e. The van der Waals surface area contributed by atoms with Crippen LogP contribution in [0.15, 0.2) is 47.6 Å². The first-order valence-corrected chi connectivity index (χ1v) is 12.4. The fourth-order valence-corrected chi connectivity index (χ4v) is 5.17. The van der Waals surface area contributed by atoms with E-state index in [1.807, 2.05) is 13.0 Å². The van der Waals surface area contributed by atoms with Crippen LogP contribution >= 0.6 is 0 Å². The summed E-state index contributed by atoms with van der Waals surface area (Å²) in [6, 6.07) is 8.60. The number of benzene rings is 1. The van der Waals surface area contributed by atoms with Crippen LogP contribution in [-0.2, 0) is 15.7 Å². The van der Waals surface area contributed by atoms with Crippen molar-refractivity contribution in [2.45, 2.75) is 43.5 Å². The second-order valence-corrected chi connectivity index (χ2v) is 9.93. The summed E-state index contributed by atoms with van der Waals surface area (Å²) in [6.45, 7) is 7.19. The van der Waals surface area contributed by atoms with E-state index in [1.165, 1.54) is 4.68 Å². The van der Waals surface area contributed by atoms with E-state index < -0.39 is 9.84 Å². The lowest BCUT2D eigenvalue weighted by Gasteiger charge is -2.38. The number of tetrazole rings is 1. The van der Waals surface area contributed by atoms with Crippen LogP contribution < -0.4 is 4.90 Å². The van der Waals surface area contributed by atoms with Crippen molar-refractivity contribution in [1.82, 2.24) is 35.1 Å². The Morgan fingerprint density at radius 1 is 1.03 bits per heavy atom. The van der Waals surface area contributed by atoms with E-state index in [0.29, 0.717) is 5.82 Å². The molecule has 0 amide bonds. The third-order valence-corrected chi connectivity index (χ3v) is 7.26. The smallest absolute Gasteiger partial charge is 0.225 e. The van der Waals surface area contributed by atoms with Gasteiger partial charge in [0.05, 0.1) is 10.9 Å². The number of anilines is 1. The van der Waals surface area contributed by atoms with Crippen molar-refractivity contribution in [2.75, 3.05) is 31.1 Å². The van der Waals surface area contributed by atoms with Crippen LogP contribution in [0, 0.1) is 6.92 Å². The van der Waals surface area contributed by atoms with Gasteiger partial charge in [0.1, 0.15) is 0 Å². The minimum absolute atomic E-state index is 0.0536. The molecule has 1 aromatic carbocycles. The van der Waals surface area contributed by atoms with Crippen LogP contribution in [0.2, 0.25) is 0 Å². The molecule has 0 radical (unpaired) electrons. The van der Waals surface area contributed by atoms with Gasteiger partial charge in [0, 0.05) is 38.6 Å². The van der Waals surface area contributed by atoms with Gasteiger partial charge in [-0.25, -0.2) is 23.1 Å². The van der Waals surface area contributed by atoms with E-state index in [-0.39, 0.29) is 16.8 Å². The Morgan fingerprint density at radius 2 is 1.72 bits per heavy atom. The molecule has 2 aromatic heterocycles. The first-order valence-electron chi connectivity index (χ1n) is 10.8. The van der Waals surface area contributed by atoms with Crippen LogP contribution in [0.1, 0.15) is 37.2 Å². The molecule has 170 valence electrons. The number of aromatic nitrogens is 6. The number of sulfone groups is 1. The molecule has 0 N–H and O–H groups in total. The summed E-state index contributed by atoms with van der Waals surface area (Å²) in [5.74, 6) is 1.04. The Kier molecular flexibility index (Phi) is 6.75. The molecule has 32 heavy (non-hydrogen) atoms. The molecule has 1 unspecified atom stereocenters. The van der Waals surface area contributed by atoms with Crippen molar-refractivity contribution in [3.63, 3.8) is 0 Å². The second kappa shape index (κ2) is 9.70. The van der Waals surface area contributed by atoms with Gasteiger partial charge in [-0.2, -0.15) is 0 Å². The van der Waals surface area contributed by atoms with Crippen LogP contribution in [0.3, 0.4) is 0 Å². The van der Waals surface area contributed by atoms with Gasteiger partial charge in [-0.3, -0.25) is 4.90 Å². The third kappa shape index (κ3) is 4.94. The molecule has 0 saturated carbocycles. The van der Waals surface area contributed by atoms with Crippen LogP contribution in [0.4, 0.5) is 5.95 Å². The van der Waals surface area contributed by atoms with Gasteiger partial charge in [0.15, 0.2) is 21.5 Å². The summed E-state index contributed by atoms with van der Waals surface area (Å²) in [7, 11) is -3.57. The van der Waals surface area contributed by atoms with Crippen LogP contribution in [0.25, 0.3) is 0 Å². The van der Waals surface area contributed by atoms with Gasteiger partial charge < -0.3 is 4.90 Å². The lowest BCUT2D eigenvalue weighted by atomic mass is 10.1. The molecule has 1 saturated heterocycles. The highest BCUT2D eigenvalue weighted by Gasteiger charge is 2.30. The number of hydrogen-bond acceptors (Lipinski definition) is 9.